The van der Waals surface area contributed by atoms with Gasteiger partial charge in [0.1, 0.15) is 6.54 Å². The Balaban J connectivity index is 2.87. The predicted octanol–water partition coefficient (Wildman–Crippen LogP) is 0.876. The van der Waals surface area contributed by atoms with Crippen LogP contribution in [-0.2, 0) is 16.1 Å². The van der Waals surface area contributed by atoms with E-state index in [-0.39, 0.29) is 12.5 Å². The molecule has 1 heterocycles. The molecule has 0 aromatic carbocycles. The van der Waals surface area contributed by atoms with E-state index < -0.39 is 0 Å². The van der Waals surface area contributed by atoms with Gasteiger partial charge in [-0.15, -0.1) is 0 Å². The fourth-order valence-electron chi connectivity index (χ4n) is 1.36. The van der Waals surface area contributed by atoms with Crippen LogP contribution in [0.25, 0.3) is 0 Å². The standard InChI is InChI=1S/C10H14N2O3/c1-4-15-10(14)5-12-8(3)9(6-13)7(2)11-12/h6H,4-5H2,1-3H3. The maximum atomic E-state index is 11.2. The van der Waals surface area contributed by atoms with Crippen LogP contribution in [0, 0.1) is 13.8 Å². The van der Waals surface area contributed by atoms with Crippen LogP contribution in [0.1, 0.15) is 28.7 Å². The minimum atomic E-state index is -0.347. The van der Waals surface area contributed by atoms with Crippen molar-refractivity contribution >= 4 is 12.3 Å². The average molecular weight is 210 g/mol. The molecular weight excluding hydrogens is 196 g/mol. The first-order valence-corrected chi connectivity index (χ1v) is 4.75. The fraction of sp³-hybridized carbons (Fsp3) is 0.500. The van der Waals surface area contributed by atoms with E-state index in [1.165, 1.54) is 4.68 Å². The number of ether oxygens (including phenoxy) is 1. The van der Waals surface area contributed by atoms with Crippen LogP contribution in [0.5, 0.6) is 0 Å². The Labute approximate surface area is 88.0 Å². The zero-order chi connectivity index (χ0) is 11.4. The number of aryl methyl sites for hydroxylation is 1. The Morgan fingerprint density at radius 2 is 2.20 bits per heavy atom. The average Bonchev–Trinajstić information content (AvgIpc) is 2.42. The number of aldehydes is 1. The molecule has 0 atom stereocenters. The van der Waals surface area contributed by atoms with Gasteiger partial charge in [0.15, 0.2) is 6.29 Å². The summed E-state index contributed by atoms with van der Waals surface area (Å²) in [6.07, 6.45) is 0.749. The molecule has 0 spiro atoms. The van der Waals surface area contributed by atoms with Crippen molar-refractivity contribution in [3.8, 4) is 0 Å². The van der Waals surface area contributed by atoms with Gasteiger partial charge in [-0.1, -0.05) is 0 Å². The fourth-order valence-corrected chi connectivity index (χ4v) is 1.36. The number of aromatic nitrogens is 2. The molecule has 5 heteroatoms. The van der Waals surface area contributed by atoms with Gasteiger partial charge in [0, 0.05) is 5.69 Å². The second-order valence-corrected chi connectivity index (χ2v) is 3.17. The number of esters is 1. The lowest BCUT2D eigenvalue weighted by molar-refractivity contribution is -0.144. The van der Waals surface area contributed by atoms with Gasteiger partial charge in [0.2, 0.25) is 0 Å². The van der Waals surface area contributed by atoms with Crippen molar-refractivity contribution in [2.45, 2.75) is 27.3 Å². The van der Waals surface area contributed by atoms with Crippen LogP contribution in [0.15, 0.2) is 0 Å². The Morgan fingerprint density at radius 3 is 2.67 bits per heavy atom. The third-order valence-corrected chi connectivity index (χ3v) is 2.14. The molecule has 0 fully saturated rings. The summed E-state index contributed by atoms with van der Waals surface area (Å²) in [4.78, 5) is 21.9. The second-order valence-electron chi connectivity index (χ2n) is 3.17. The summed E-state index contributed by atoms with van der Waals surface area (Å²) >= 11 is 0. The Kier molecular flexibility index (Phi) is 3.60. The van der Waals surface area contributed by atoms with E-state index in [9.17, 15) is 9.59 Å². The van der Waals surface area contributed by atoms with Crippen molar-refractivity contribution in [3.05, 3.63) is 17.0 Å². The highest BCUT2D eigenvalue weighted by atomic mass is 16.5. The summed E-state index contributed by atoms with van der Waals surface area (Å²) in [5, 5.41) is 4.09. The third-order valence-electron chi connectivity index (χ3n) is 2.14. The maximum absolute atomic E-state index is 11.2. The minimum Gasteiger partial charge on any atom is -0.465 e. The largest absolute Gasteiger partial charge is 0.465 e. The van der Waals surface area contributed by atoms with Gasteiger partial charge in [0.05, 0.1) is 17.9 Å². The van der Waals surface area contributed by atoms with Gasteiger partial charge in [-0.2, -0.15) is 5.10 Å². The van der Waals surface area contributed by atoms with Crippen LogP contribution in [0.2, 0.25) is 0 Å². The quantitative estimate of drug-likeness (QED) is 0.546. The van der Waals surface area contributed by atoms with Crippen molar-refractivity contribution in [3.63, 3.8) is 0 Å². The molecule has 0 amide bonds. The summed E-state index contributed by atoms with van der Waals surface area (Å²) < 4.78 is 6.28. The van der Waals surface area contributed by atoms with Gasteiger partial charge >= 0.3 is 5.97 Å². The van der Waals surface area contributed by atoms with E-state index in [4.69, 9.17) is 4.74 Å². The van der Waals surface area contributed by atoms with Crippen LogP contribution in [0.3, 0.4) is 0 Å². The summed E-state index contributed by atoms with van der Waals surface area (Å²) in [5.74, 6) is -0.347. The molecule has 0 aliphatic heterocycles. The second kappa shape index (κ2) is 4.72. The molecule has 0 bridgehead atoms. The van der Waals surface area contributed by atoms with E-state index in [1.807, 2.05) is 0 Å². The number of carbonyl (C=O) groups excluding carboxylic acids is 2. The van der Waals surface area contributed by atoms with E-state index in [1.54, 1.807) is 20.8 Å². The monoisotopic (exact) mass is 210 g/mol. The number of hydrogen-bond acceptors (Lipinski definition) is 4. The highest BCUT2D eigenvalue weighted by Gasteiger charge is 2.13. The van der Waals surface area contributed by atoms with Crippen LogP contribution < -0.4 is 0 Å². The van der Waals surface area contributed by atoms with Gasteiger partial charge in [-0.05, 0) is 20.8 Å². The number of carbonyl (C=O) groups is 2. The van der Waals surface area contributed by atoms with Crippen molar-refractivity contribution in [2.24, 2.45) is 0 Å². The number of nitrogens with zero attached hydrogens (tertiary/aromatic N) is 2. The van der Waals surface area contributed by atoms with Crippen molar-refractivity contribution in [2.75, 3.05) is 6.61 Å². The molecule has 5 nitrogen and oxygen atoms in total. The first-order valence-electron chi connectivity index (χ1n) is 4.75. The van der Waals surface area contributed by atoms with E-state index in [2.05, 4.69) is 5.10 Å². The number of hydrogen-bond donors (Lipinski definition) is 0. The van der Waals surface area contributed by atoms with E-state index in [0.29, 0.717) is 23.6 Å². The number of rotatable bonds is 4. The molecule has 0 unspecified atom stereocenters. The summed E-state index contributed by atoms with van der Waals surface area (Å²) in [6, 6.07) is 0. The van der Waals surface area contributed by atoms with Crippen molar-refractivity contribution in [1.29, 1.82) is 0 Å². The molecule has 1 rings (SSSR count). The normalized spacial score (nSPS) is 10.1. The molecule has 0 saturated heterocycles. The zero-order valence-corrected chi connectivity index (χ0v) is 9.11. The lowest BCUT2D eigenvalue weighted by atomic mass is 10.2. The summed E-state index contributed by atoms with van der Waals surface area (Å²) in [7, 11) is 0. The lowest BCUT2D eigenvalue weighted by Crippen LogP contribution is -2.15. The molecule has 1 aromatic heterocycles. The summed E-state index contributed by atoms with van der Waals surface area (Å²) in [6.45, 7) is 5.63. The first-order chi connectivity index (χ1) is 7.10. The van der Waals surface area contributed by atoms with Gasteiger partial charge in [-0.3, -0.25) is 14.3 Å². The molecule has 0 N–H and O–H groups in total. The molecular formula is C10H14N2O3. The van der Waals surface area contributed by atoms with Gasteiger partial charge in [0.25, 0.3) is 0 Å². The summed E-state index contributed by atoms with van der Waals surface area (Å²) in [5.41, 5.74) is 1.86. The van der Waals surface area contributed by atoms with Crippen molar-refractivity contribution < 1.29 is 14.3 Å². The molecule has 0 aliphatic rings. The molecule has 0 radical (unpaired) electrons. The molecule has 15 heavy (non-hydrogen) atoms. The van der Waals surface area contributed by atoms with Crippen LogP contribution in [-0.4, -0.2) is 28.6 Å². The highest BCUT2D eigenvalue weighted by Crippen LogP contribution is 2.09. The lowest BCUT2D eigenvalue weighted by Gasteiger charge is -2.03. The minimum absolute atomic E-state index is 0.0500. The Hall–Kier alpha value is -1.65. The molecule has 0 aliphatic carbocycles. The molecule has 0 saturated carbocycles. The molecule has 82 valence electrons. The SMILES string of the molecule is CCOC(=O)Cn1nc(C)c(C=O)c1C. The van der Waals surface area contributed by atoms with Crippen LogP contribution in [0.4, 0.5) is 0 Å². The maximum Gasteiger partial charge on any atom is 0.327 e. The zero-order valence-electron chi connectivity index (χ0n) is 9.11. The third kappa shape index (κ3) is 2.43. The molecule has 1 aromatic rings. The smallest absolute Gasteiger partial charge is 0.327 e. The van der Waals surface area contributed by atoms with Crippen LogP contribution >= 0.6 is 0 Å². The Bertz CT molecular complexity index is 382. The van der Waals surface area contributed by atoms with Crippen molar-refractivity contribution in [1.82, 2.24) is 9.78 Å². The van der Waals surface area contributed by atoms with E-state index >= 15 is 0 Å². The van der Waals surface area contributed by atoms with Gasteiger partial charge < -0.3 is 4.74 Å². The predicted molar refractivity (Wildman–Crippen MR) is 53.7 cm³/mol. The van der Waals surface area contributed by atoms with Gasteiger partial charge in [-0.25, -0.2) is 0 Å². The first kappa shape index (κ1) is 11.4. The Morgan fingerprint density at radius 1 is 1.53 bits per heavy atom. The van der Waals surface area contributed by atoms with E-state index in [0.717, 1.165) is 6.29 Å². The highest BCUT2D eigenvalue weighted by molar-refractivity contribution is 5.78. The topological polar surface area (TPSA) is 61.2 Å².